The van der Waals surface area contributed by atoms with E-state index >= 15 is 0 Å². The van der Waals surface area contributed by atoms with Gasteiger partial charge in [0.15, 0.2) is 0 Å². The van der Waals surface area contributed by atoms with Gasteiger partial charge in [0.1, 0.15) is 0 Å². The number of carbonyl (C=O) groups is 1. The van der Waals surface area contributed by atoms with Gasteiger partial charge in [-0.3, -0.25) is 14.7 Å². The summed E-state index contributed by atoms with van der Waals surface area (Å²) in [5.74, 6) is 0.811. The Kier molecular flexibility index (Phi) is 3.48. The monoisotopic (exact) mass is 332 g/mol. The fraction of sp³-hybridized carbons (Fsp3) is 0.286. The van der Waals surface area contributed by atoms with Crippen LogP contribution in [-0.2, 0) is 4.79 Å². The predicted octanol–water partition coefficient (Wildman–Crippen LogP) is 2.40. The molecule has 20 heavy (non-hydrogen) atoms. The van der Waals surface area contributed by atoms with Gasteiger partial charge in [-0.05, 0) is 46.0 Å². The molecule has 5 nitrogen and oxygen atoms in total. The zero-order valence-corrected chi connectivity index (χ0v) is 12.5. The number of rotatable bonds is 3. The van der Waals surface area contributed by atoms with Crippen LogP contribution >= 0.6 is 15.9 Å². The van der Waals surface area contributed by atoms with Crippen molar-refractivity contribution in [2.75, 3.05) is 11.9 Å². The molecule has 0 saturated heterocycles. The molecule has 6 heteroatoms. The highest BCUT2D eigenvalue weighted by molar-refractivity contribution is 9.10. The molecule has 0 aromatic carbocycles. The van der Waals surface area contributed by atoms with Crippen molar-refractivity contribution in [2.45, 2.75) is 12.3 Å². The van der Waals surface area contributed by atoms with Crippen LogP contribution in [0.25, 0.3) is 0 Å². The topological polar surface area (TPSA) is 59.0 Å². The lowest BCUT2D eigenvalue weighted by Gasteiger charge is -2.14. The Labute approximate surface area is 125 Å². The highest BCUT2D eigenvalue weighted by Gasteiger charge is 2.45. The number of hydrogen-bond donors (Lipinski definition) is 0. The van der Waals surface area contributed by atoms with E-state index in [1.165, 1.54) is 10.5 Å². The van der Waals surface area contributed by atoms with Gasteiger partial charge in [0.2, 0.25) is 11.9 Å². The van der Waals surface area contributed by atoms with Crippen LogP contribution < -0.4 is 4.90 Å². The first-order chi connectivity index (χ1) is 9.66. The second-order valence-electron chi connectivity index (χ2n) is 4.83. The predicted molar refractivity (Wildman–Crippen MR) is 78.2 cm³/mol. The Morgan fingerprint density at radius 1 is 1.30 bits per heavy atom. The van der Waals surface area contributed by atoms with Crippen LogP contribution in [0.3, 0.4) is 0 Å². The number of pyridine rings is 1. The maximum atomic E-state index is 12.4. The molecule has 2 aromatic rings. The molecular weight excluding hydrogens is 320 g/mol. The van der Waals surface area contributed by atoms with Gasteiger partial charge in [-0.1, -0.05) is 0 Å². The van der Waals surface area contributed by atoms with Crippen molar-refractivity contribution < 1.29 is 4.79 Å². The van der Waals surface area contributed by atoms with Crippen LogP contribution in [0.2, 0.25) is 0 Å². The van der Waals surface area contributed by atoms with Crippen LogP contribution in [0.5, 0.6) is 0 Å². The molecule has 0 aliphatic heterocycles. The van der Waals surface area contributed by atoms with E-state index in [-0.39, 0.29) is 11.8 Å². The number of nitrogens with zero attached hydrogens (tertiary/aromatic N) is 4. The minimum atomic E-state index is 0.0228. The minimum absolute atomic E-state index is 0.0228. The number of anilines is 1. The molecule has 2 heterocycles. The third-order valence-electron chi connectivity index (χ3n) is 3.48. The number of halogens is 1. The van der Waals surface area contributed by atoms with Gasteiger partial charge in [-0.2, -0.15) is 0 Å². The summed E-state index contributed by atoms with van der Waals surface area (Å²) in [5, 5.41) is 0. The van der Waals surface area contributed by atoms with E-state index in [2.05, 4.69) is 30.9 Å². The molecule has 0 radical (unpaired) electrons. The quantitative estimate of drug-likeness (QED) is 0.865. The summed E-state index contributed by atoms with van der Waals surface area (Å²) in [5.41, 5.74) is 1.17. The van der Waals surface area contributed by atoms with Gasteiger partial charge < -0.3 is 0 Å². The summed E-state index contributed by atoms with van der Waals surface area (Å²) in [6.07, 6.45) is 7.68. The zero-order chi connectivity index (χ0) is 14.1. The molecular formula is C14H13BrN4O. The molecule has 1 aliphatic rings. The van der Waals surface area contributed by atoms with Gasteiger partial charge in [-0.25, -0.2) is 9.97 Å². The van der Waals surface area contributed by atoms with Gasteiger partial charge in [-0.15, -0.1) is 0 Å². The van der Waals surface area contributed by atoms with Crippen molar-refractivity contribution in [1.29, 1.82) is 0 Å². The fourth-order valence-electron chi connectivity index (χ4n) is 2.27. The van der Waals surface area contributed by atoms with Crippen molar-refractivity contribution in [3.63, 3.8) is 0 Å². The highest BCUT2D eigenvalue weighted by Crippen LogP contribution is 2.48. The third kappa shape index (κ3) is 2.56. The summed E-state index contributed by atoms with van der Waals surface area (Å²) in [6, 6.07) is 3.93. The molecule has 0 unspecified atom stereocenters. The van der Waals surface area contributed by atoms with E-state index in [4.69, 9.17) is 0 Å². The molecule has 2 atom stereocenters. The largest absolute Gasteiger partial charge is 0.284 e. The average molecular weight is 333 g/mol. The molecule has 0 N–H and O–H groups in total. The Morgan fingerprint density at radius 3 is 2.60 bits per heavy atom. The van der Waals surface area contributed by atoms with Gasteiger partial charge >= 0.3 is 0 Å². The molecule has 3 rings (SSSR count). The second kappa shape index (κ2) is 5.28. The maximum absolute atomic E-state index is 12.4. The third-order valence-corrected chi connectivity index (χ3v) is 3.89. The Morgan fingerprint density at radius 2 is 1.95 bits per heavy atom. The lowest BCUT2D eigenvalue weighted by atomic mass is 10.1. The second-order valence-corrected chi connectivity index (χ2v) is 5.74. The van der Waals surface area contributed by atoms with Crippen LogP contribution in [-0.4, -0.2) is 27.9 Å². The lowest BCUT2D eigenvalue weighted by Crippen LogP contribution is -2.29. The molecule has 1 saturated carbocycles. The summed E-state index contributed by atoms with van der Waals surface area (Å²) >= 11 is 3.28. The van der Waals surface area contributed by atoms with Crippen LogP contribution in [0.4, 0.5) is 5.95 Å². The summed E-state index contributed by atoms with van der Waals surface area (Å²) in [4.78, 5) is 26.2. The van der Waals surface area contributed by atoms with Crippen molar-refractivity contribution in [2.24, 2.45) is 5.92 Å². The van der Waals surface area contributed by atoms with Gasteiger partial charge in [0, 0.05) is 37.8 Å². The van der Waals surface area contributed by atoms with E-state index < -0.39 is 0 Å². The average Bonchev–Trinajstić information content (AvgIpc) is 3.28. The zero-order valence-electron chi connectivity index (χ0n) is 10.9. The van der Waals surface area contributed by atoms with E-state index in [0.29, 0.717) is 11.9 Å². The first-order valence-corrected chi connectivity index (χ1v) is 7.11. The summed E-state index contributed by atoms with van der Waals surface area (Å²) < 4.78 is 0.795. The Bertz CT molecular complexity index is 617. The molecule has 102 valence electrons. The fourth-order valence-corrected chi connectivity index (χ4v) is 2.48. The first kappa shape index (κ1) is 13.2. The molecule has 0 bridgehead atoms. The van der Waals surface area contributed by atoms with E-state index in [9.17, 15) is 4.79 Å². The number of aromatic nitrogens is 3. The van der Waals surface area contributed by atoms with E-state index in [1.54, 1.807) is 31.8 Å². The highest BCUT2D eigenvalue weighted by atomic mass is 79.9. The van der Waals surface area contributed by atoms with Crippen molar-refractivity contribution in [3.8, 4) is 0 Å². The summed E-state index contributed by atoms with van der Waals surface area (Å²) in [7, 11) is 1.72. The lowest BCUT2D eigenvalue weighted by molar-refractivity contribution is -0.119. The van der Waals surface area contributed by atoms with Crippen LogP contribution in [0.15, 0.2) is 41.4 Å². The molecule has 1 aliphatic carbocycles. The van der Waals surface area contributed by atoms with Gasteiger partial charge in [0.25, 0.3) is 0 Å². The number of hydrogen-bond acceptors (Lipinski definition) is 4. The van der Waals surface area contributed by atoms with Crippen molar-refractivity contribution >= 4 is 27.8 Å². The molecule has 1 amide bonds. The Hall–Kier alpha value is -1.82. The van der Waals surface area contributed by atoms with Crippen LogP contribution in [0.1, 0.15) is 17.9 Å². The number of carbonyl (C=O) groups excluding carboxylic acids is 1. The standard InChI is InChI=1S/C14H13BrN4O/c1-19(14-17-7-10(15)8-18-14)13(20)12-6-11(12)9-2-4-16-5-3-9/h2-5,7-8,11-12H,6H2,1H3/t11-,12+/m0/s1. The van der Waals surface area contributed by atoms with E-state index in [1.807, 2.05) is 12.1 Å². The molecule has 1 fully saturated rings. The smallest absolute Gasteiger partial charge is 0.232 e. The molecule has 2 aromatic heterocycles. The first-order valence-electron chi connectivity index (χ1n) is 6.32. The minimum Gasteiger partial charge on any atom is -0.284 e. The SMILES string of the molecule is CN(C(=O)[C@@H]1C[C@H]1c1ccncc1)c1ncc(Br)cn1. The van der Waals surface area contributed by atoms with Gasteiger partial charge in [0.05, 0.1) is 4.47 Å². The van der Waals surface area contributed by atoms with E-state index in [0.717, 1.165) is 10.9 Å². The van der Waals surface area contributed by atoms with Crippen molar-refractivity contribution in [3.05, 3.63) is 47.0 Å². The summed E-state index contributed by atoms with van der Waals surface area (Å²) in [6.45, 7) is 0. The number of amides is 1. The van der Waals surface area contributed by atoms with Crippen LogP contribution in [0, 0.1) is 5.92 Å². The molecule has 0 spiro atoms. The van der Waals surface area contributed by atoms with Crippen molar-refractivity contribution in [1.82, 2.24) is 15.0 Å². The maximum Gasteiger partial charge on any atom is 0.232 e. The normalized spacial score (nSPS) is 20.5. The Balaban J connectivity index is 1.70.